The zero-order valence-corrected chi connectivity index (χ0v) is 12.9. The molecule has 106 valence electrons. The molecule has 20 heavy (non-hydrogen) atoms. The van der Waals surface area contributed by atoms with Gasteiger partial charge in [-0.05, 0) is 40.9 Å². The lowest BCUT2D eigenvalue weighted by atomic mass is 10.2. The molecule has 0 aliphatic rings. The molecule has 2 rings (SSSR count). The Morgan fingerprint density at radius 3 is 2.75 bits per heavy atom. The lowest BCUT2D eigenvalue weighted by Gasteiger charge is -2.06. The van der Waals surface area contributed by atoms with Gasteiger partial charge in [-0.25, -0.2) is 13.1 Å². The van der Waals surface area contributed by atoms with Gasteiger partial charge in [-0.15, -0.1) is 0 Å². The average molecular weight is 327 g/mol. The molecule has 2 aromatic rings. The highest BCUT2D eigenvalue weighted by atomic mass is 32.2. The number of nitrogens with zero attached hydrogens (tertiary/aromatic N) is 1. The summed E-state index contributed by atoms with van der Waals surface area (Å²) in [5, 5.41) is 3.95. The van der Waals surface area contributed by atoms with Crippen LogP contribution < -0.4 is 10.5 Å². The molecule has 0 saturated carbocycles. The van der Waals surface area contributed by atoms with Crippen LogP contribution in [0.25, 0.3) is 0 Å². The molecular formula is C12H13N3O2S3. The number of nitrogens with one attached hydrogen (secondary N) is 1. The van der Waals surface area contributed by atoms with E-state index in [1.165, 1.54) is 18.3 Å². The normalized spacial score (nSPS) is 11.4. The Kier molecular flexibility index (Phi) is 4.81. The fourth-order valence-electron chi connectivity index (χ4n) is 1.53. The van der Waals surface area contributed by atoms with Gasteiger partial charge in [0.1, 0.15) is 9.88 Å². The molecular weight excluding hydrogens is 314 g/mol. The van der Waals surface area contributed by atoms with Gasteiger partial charge in [0, 0.05) is 12.7 Å². The minimum Gasteiger partial charge on any atom is -0.388 e. The van der Waals surface area contributed by atoms with Gasteiger partial charge in [-0.2, -0.15) is 11.3 Å². The second-order valence-corrected chi connectivity index (χ2v) is 7.01. The molecule has 0 unspecified atom stereocenters. The molecule has 0 aliphatic carbocycles. The highest BCUT2D eigenvalue weighted by Gasteiger charge is 2.14. The summed E-state index contributed by atoms with van der Waals surface area (Å²) < 4.78 is 26.6. The summed E-state index contributed by atoms with van der Waals surface area (Å²) in [6.45, 7) is 0.343. The van der Waals surface area contributed by atoms with Crippen LogP contribution in [0, 0.1) is 0 Å². The van der Waals surface area contributed by atoms with Crippen LogP contribution in [0.4, 0.5) is 0 Å². The first kappa shape index (κ1) is 15.0. The van der Waals surface area contributed by atoms with Crippen LogP contribution in [-0.2, 0) is 16.4 Å². The Labute approximate surface area is 126 Å². The number of rotatable bonds is 6. The van der Waals surface area contributed by atoms with Gasteiger partial charge < -0.3 is 5.73 Å². The Bertz CT molecular complexity index is 679. The lowest BCUT2D eigenvalue weighted by molar-refractivity contribution is 0.581. The van der Waals surface area contributed by atoms with Crippen LogP contribution in [0.3, 0.4) is 0 Å². The van der Waals surface area contributed by atoms with E-state index >= 15 is 0 Å². The number of hydrogen-bond acceptors (Lipinski definition) is 5. The summed E-state index contributed by atoms with van der Waals surface area (Å²) in [5.41, 5.74) is 6.92. The lowest BCUT2D eigenvalue weighted by Crippen LogP contribution is -2.26. The molecule has 0 atom stereocenters. The van der Waals surface area contributed by atoms with E-state index < -0.39 is 10.0 Å². The fourth-order valence-corrected chi connectivity index (χ4v) is 3.33. The summed E-state index contributed by atoms with van der Waals surface area (Å²) in [6, 6.07) is 4.90. The van der Waals surface area contributed by atoms with E-state index in [-0.39, 0.29) is 9.88 Å². The van der Waals surface area contributed by atoms with Crippen molar-refractivity contribution in [2.24, 2.45) is 5.73 Å². The van der Waals surface area contributed by atoms with Gasteiger partial charge in [0.15, 0.2) is 0 Å². The van der Waals surface area contributed by atoms with Crippen molar-refractivity contribution >= 4 is 38.6 Å². The topological polar surface area (TPSA) is 85.1 Å². The van der Waals surface area contributed by atoms with Crippen molar-refractivity contribution in [2.75, 3.05) is 6.54 Å². The predicted octanol–water partition coefficient (Wildman–Crippen LogP) is 1.30. The predicted molar refractivity (Wildman–Crippen MR) is 83.3 cm³/mol. The summed E-state index contributed by atoms with van der Waals surface area (Å²) in [5.74, 6) is 0. The largest absolute Gasteiger partial charge is 0.388 e. The maximum atomic E-state index is 12.0. The molecule has 5 nitrogen and oxygen atoms in total. The van der Waals surface area contributed by atoms with Crippen LogP contribution in [0.15, 0.2) is 40.1 Å². The van der Waals surface area contributed by atoms with Crippen molar-refractivity contribution < 1.29 is 8.42 Å². The van der Waals surface area contributed by atoms with Gasteiger partial charge in [-0.1, -0.05) is 12.2 Å². The summed E-state index contributed by atoms with van der Waals surface area (Å²) in [4.78, 5) is 4.16. The molecule has 2 heterocycles. The third-order valence-electron chi connectivity index (χ3n) is 2.58. The third kappa shape index (κ3) is 3.83. The highest BCUT2D eigenvalue weighted by Crippen LogP contribution is 2.09. The zero-order valence-electron chi connectivity index (χ0n) is 10.4. The Morgan fingerprint density at radius 2 is 2.20 bits per heavy atom. The second kappa shape index (κ2) is 6.40. The van der Waals surface area contributed by atoms with Crippen LogP contribution >= 0.6 is 23.6 Å². The van der Waals surface area contributed by atoms with E-state index in [1.54, 1.807) is 11.3 Å². The molecule has 0 bridgehead atoms. The zero-order chi connectivity index (χ0) is 14.6. The molecule has 0 saturated heterocycles. The van der Waals surface area contributed by atoms with Crippen molar-refractivity contribution in [3.05, 3.63) is 46.4 Å². The fraction of sp³-hybridized carbons (Fsp3) is 0.167. The Balaban J connectivity index is 2.00. The molecule has 0 amide bonds. The van der Waals surface area contributed by atoms with Gasteiger partial charge in [0.2, 0.25) is 10.0 Å². The van der Waals surface area contributed by atoms with Crippen LogP contribution in [-0.4, -0.2) is 24.9 Å². The Hall–Kier alpha value is -1.35. The number of thiophene rings is 1. The molecule has 0 fully saturated rings. The quantitative estimate of drug-likeness (QED) is 0.781. The van der Waals surface area contributed by atoms with Crippen LogP contribution in [0.1, 0.15) is 11.3 Å². The van der Waals surface area contributed by atoms with E-state index in [0.717, 1.165) is 5.56 Å². The molecule has 0 aromatic carbocycles. The molecule has 8 heteroatoms. The minimum atomic E-state index is -3.55. The summed E-state index contributed by atoms with van der Waals surface area (Å²) in [7, 11) is -3.55. The van der Waals surface area contributed by atoms with Gasteiger partial charge >= 0.3 is 0 Å². The van der Waals surface area contributed by atoms with Gasteiger partial charge in [0.05, 0.1) is 5.69 Å². The van der Waals surface area contributed by atoms with E-state index in [4.69, 9.17) is 18.0 Å². The summed E-state index contributed by atoms with van der Waals surface area (Å²) in [6.07, 6.45) is 1.91. The maximum Gasteiger partial charge on any atom is 0.242 e. The van der Waals surface area contributed by atoms with Crippen molar-refractivity contribution in [3.63, 3.8) is 0 Å². The third-order valence-corrected chi connectivity index (χ3v) is 4.97. The van der Waals surface area contributed by atoms with Gasteiger partial charge in [-0.3, -0.25) is 4.98 Å². The van der Waals surface area contributed by atoms with Crippen molar-refractivity contribution in [2.45, 2.75) is 11.3 Å². The number of nitrogens with two attached hydrogens (primary N) is 1. The smallest absolute Gasteiger partial charge is 0.242 e. The van der Waals surface area contributed by atoms with E-state index in [2.05, 4.69) is 9.71 Å². The molecule has 2 aromatic heterocycles. The Morgan fingerprint density at radius 1 is 1.40 bits per heavy atom. The SMILES string of the molecule is NC(=S)c1ccc(S(=O)(=O)NCCc2ccsc2)cn1. The highest BCUT2D eigenvalue weighted by molar-refractivity contribution is 7.89. The van der Waals surface area contributed by atoms with E-state index in [1.807, 2.05) is 16.8 Å². The van der Waals surface area contributed by atoms with Crippen molar-refractivity contribution in [1.29, 1.82) is 0 Å². The van der Waals surface area contributed by atoms with Crippen molar-refractivity contribution in [3.8, 4) is 0 Å². The standard InChI is InChI=1S/C12H13N3O2S3/c13-12(18)11-2-1-10(7-14-11)20(16,17)15-5-3-9-4-6-19-8-9/h1-2,4,6-8,15H,3,5H2,(H2,13,18). The number of pyridine rings is 1. The van der Waals surface area contributed by atoms with Crippen molar-refractivity contribution in [1.82, 2.24) is 9.71 Å². The first-order chi connectivity index (χ1) is 9.49. The molecule has 0 spiro atoms. The maximum absolute atomic E-state index is 12.0. The van der Waals surface area contributed by atoms with Crippen LogP contribution in [0.2, 0.25) is 0 Å². The van der Waals surface area contributed by atoms with Gasteiger partial charge in [0.25, 0.3) is 0 Å². The minimum absolute atomic E-state index is 0.0998. The number of hydrogen-bond donors (Lipinski definition) is 2. The van der Waals surface area contributed by atoms with E-state index in [9.17, 15) is 8.42 Å². The average Bonchev–Trinajstić information content (AvgIpc) is 2.92. The number of thiocarbonyl (C=S) groups is 1. The summed E-state index contributed by atoms with van der Waals surface area (Å²) >= 11 is 6.35. The van der Waals surface area contributed by atoms with Crippen LogP contribution in [0.5, 0.6) is 0 Å². The first-order valence-corrected chi connectivity index (χ1v) is 8.59. The molecule has 3 N–H and O–H groups in total. The van der Waals surface area contributed by atoms with E-state index in [0.29, 0.717) is 18.7 Å². The number of sulfonamides is 1. The molecule has 0 aliphatic heterocycles. The monoisotopic (exact) mass is 327 g/mol. The number of aromatic nitrogens is 1. The second-order valence-electron chi connectivity index (χ2n) is 4.02. The molecule has 0 radical (unpaired) electrons. The first-order valence-electron chi connectivity index (χ1n) is 5.75.